The molecule has 0 saturated carbocycles. The normalized spacial score (nSPS) is 11.9. The summed E-state index contributed by atoms with van der Waals surface area (Å²) in [6, 6.07) is 8.89. The van der Waals surface area contributed by atoms with E-state index in [1.165, 1.54) is 11.1 Å². The fourth-order valence-corrected chi connectivity index (χ4v) is 1.92. The third-order valence-corrected chi connectivity index (χ3v) is 3.00. The monoisotopic (exact) mass is 308 g/mol. The minimum Gasteiger partial charge on any atom is -0.363 e. The van der Waals surface area contributed by atoms with Gasteiger partial charge in [-0.3, -0.25) is 0 Å². The highest BCUT2D eigenvalue weighted by Crippen LogP contribution is 2.33. The molecule has 0 aliphatic carbocycles. The number of hydrogen-bond donors (Lipinski definition) is 1. The average molecular weight is 308 g/mol. The van der Waals surface area contributed by atoms with Crippen molar-refractivity contribution in [2.45, 2.75) is 6.18 Å². The highest BCUT2D eigenvalue weighted by molar-refractivity contribution is 5.82. The van der Waals surface area contributed by atoms with Crippen molar-refractivity contribution >= 4 is 12.0 Å². The SMILES string of the molecule is CN(C)c1cc(C(F)(F)F)cc(-c2cccc(/C=N\N)c2)n1. The van der Waals surface area contributed by atoms with E-state index in [1.807, 2.05) is 0 Å². The predicted molar refractivity (Wildman–Crippen MR) is 80.8 cm³/mol. The van der Waals surface area contributed by atoms with Crippen molar-refractivity contribution in [3.05, 3.63) is 47.5 Å². The van der Waals surface area contributed by atoms with Gasteiger partial charge < -0.3 is 10.7 Å². The maximum atomic E-state index is 13.0. The van der Waals surface area contributed by atoms with Crippen LogP contribution in [0.4, 0.5) is 19.0 Å². The Hall–Kier alpha value is -2.57. The Bertz CT molecular complexity index is 693. The first-order valence-corrected chi connectivity index (χ1v) is 6.41. The smallest absolute Gasteiger partial charge is 0.363 e. The van der Waals surface area contributed by atoms with Crippen molar-refractivity contribution in [3.63, 3.8) is 0 Å². The highest BCUT2D eigenvalue weighted by atomic mass is 19.4. The summed E-state index contributed by atoms with van der Waals surface area (Å²) in [6.45, 7) is 0. The number of aromatic nitrogens is 1. The van der Waals surface area contributed by atoms with Crippen molar-refractivity contribution in [2.75, 3.05) is 19.0 Å². The second-order valence-corrected chi connectivity index (χ2v) is 4.90. The molecule has 2 N–H and O–H groups in total. The molecule has 22 heavy (non-hydrogen) atoms. The number of nitrogens with two attached hydrogens (primary N) is 1. The van der Waals surface area contributed by atoms with Gasteiger partial charge in [-0.2, -0.15) is 18.3 Å². The Kier molecular flexibility index (Phi) is 4.35. The second-order valence-electron chi connectivity index (χ2n) is 4.90. The van der Waals surface area contributed by atoms with Crippen molar-refractivity contribution < 1.29 is 13.2 Å². The van der Waals surface area contributed by atoms with Gasteiger partial charge in [-0.05, 0) is 23.8 Å². The number of hydrogen-bond acceptors (Lipinski definition) is 4. The van der Waals surface area contributed by atoms with E-state index in [-0.39, 0.29) is 11.5 Å². The van der Waals surface area contributed by atoms with Gasteiger partial charge in [0.05, 0.1) is 17.5 Å². The topological polar surface area (TPSA) is 54.5 Å². The molecule has 2 rings (SSSR count). The summed E-state index contributed by atoms with van der Waals surface area (Å²) in [5.41, 5.74) is 0.752. The maximum absolute atomic E-state index is 13.0. The zero-order valence-electron chi connectivity index (χ0n) is 12.1. The van der Waals surface area contributed by atoms with E-state index in [4.69, 9.17) is 5.84 Å². The first-order chi connectivity index (χ1) is 10.3. The van der Waals surface area contributed by atoms with Crippen LogP contribution in [0.1, 0.15) is 11.1 Å². The number of benzene rings is 1. The number of nitrogens with zero attached hydrogens (tertiary/aromatic N) is 3. The Labute approximate surface area is 126 Å². The molecule has 4 nitrogen and oxygen atoms in total. The minimum absolute atomic E-state index is 0.239. The van der Waals surface area contributed by atoms with Gasteiger partial charge in [0.25, 0.3) is 0 Å². The van der Waals surface area contributed by atoms with Gasteiger partial charge >= 0.3 is 6.18 Å². The Balaban J connectivity index is 2.59. The van der Waals surface area contributed by atoms with Crippen LogP contribution in [-0.4, -0.2) is 25.3 Å². The van der Waals surface area contributed by atoms with E-state index in [9.17, 15) is 13.2 Å². The van der Waals surface area contributed by atoms with E-state index in [2.05, 4.69) is 10.1 Å². The van der Waals surface area contributed by atoms with E-state index < -0.39 is 11.7 Å². The summed E-state index contributed by atoms with van der Waals surface area (Å²) in [5.74, 6) is 5.33. The summed E-state index contributed by atoms with van der Waals surface area (Å²) in [5, 5.41) is 3.41. The summed E-state index contributed by atoms with van der Waals surface area (Å²) < 4.78 is 39.1. The number of hydrazone groups is 1. The Morgan fingerprint density at radius 2 is 1.91 bits per heavy atom. The van der Waals surface area contributed by atoms with Gasteiger partial charge in [0.1, 0.15) is 5.82 Å². The van der Waals surface area contributed by atoms with E-state index in [0.29, 0.717) is 11.1 Å². The predicted octanol–water partition coefficient (Wildman–Crippen LogP) is 3.13. The van der Waals surface area contributed by atoms with Crippen LogP contribution in [0.15, 0.2) is 41.5 Å². The summed E-state index contributed by atoms with van der Waals surface area (Å²) >= 11 is 0. The highest BCUT2D eigenvalue weighted by Gasteiger charge is 2.32. The van der Waals surface area contributed by atoms with Crippen molar-refractivity contribution in [2.24, 2.45) is 10.9 Å². The quantitative estimate of drug-likeness (QED) is 0.538. The molecule has 0 spiro atoms. The van der Waals surface area contributed by atoms with Crippen molar-refractivity contribution in [1.29, 1.82) is 0 Å². The molecular formula is C15H15F3N4. The van der Waals surface area contributed by atoms with Crippen molar-refractivity contribution in [3.8, 4) is 11.3 Å². The molecule has 1 heterocycles. The van der Waals surface area contributed by atoms with Gasteiger partial charge in [-0.1, -0.05) is 18.2 Å². The molecule has 0 aliphatic heterocycles. The summed E-state index contributed by atoms with van der Waals surface area (Å²) in [7, 11) is 3.29. The summed E-state index contributed by atoms with van der Waals surface area (Å²) in [6.07, 6.45) is -3.01. The maximum Gasteiger partial charge on any atom is 0.416 e. The van der Waals surface area contributed by atoms with Crippen LogP contribution >= 0.6 is 0 Å². The van der Waals surface area contributed by atoms with Crippen LogP contribution in [0.3, 0.4) is 0 Å². The second kappa shape index (κ2) is 6.05. The lowest BCUT2D eigenvalue weighted by atomic mass is 10.1. The molecule has 0 amide bonds. The van der Waals surface area contributed by atoms with Gasteiger partial charge in [0.2, 0.25) is 0 Å². The van der Waals surface area contributed by atoms with Crippen LogP contribution in [0.25, 0.3) is 11.3 Å². The van der Waals surface area contributed by atoms with Crippen LogP contribution in [-0.2, 0) is 6.18 Å². The molecule has 0 bridgehead atoms. The molecule has 0 saturated heterocycles. The molecule has 0 aliphatic rings. The number of alkyl halides is 3. The zero-order chi connectivity index (χ0) is 16.3. The van der Waals surface area contributed by atoms with E-state index in [1.54, 1.807) is 38.4 Å². The third kappa shape index (κ3) is 3.55. The van der Waals surface area contributed by atoms with Crippen LogP contribution in [0, 0.1) is 0 Å². The summed E-state index contributed by atoms with van der Waals surface area (Å²) in [4.78, 5) is 5.80. The molecule has 0 fully saturated rings. The van der Waals surface area contributed by atoms with E-state index >= 15 is 0 Å². The molecule has 116 valence electrons. The van der Waals surface area contributed by atoms with Gasteiger partial charge in [0.15, 0.2) is 0 Å². The van der Waals surface area contributed by atoms with Gasteiger partial charge in [-0.25, -0.2) is 4.98 Å². The third-order valence-electron chi connectivity index (χ3n) is 3.00. The lowest BCUT2D eigenvalue weighted by Crippen LogP contribution is -2.14. The molecular weight excluding hydrogens is 293 g/mol. The first-order valence-electron chi connectivity index (χ1n) is 6.41. The molecule has 1 aromatic carbocycles. The number of halogens is 3. The number of anilines is 1. The molecule has 7 heteroatoms. The first kappa shape index (κ1) is 15.8. The standard InChI is InChI=1S/C15H15F3N4/c1-22(2)14-8-12(15(16,17)18)7-13(21-14)11-5-3-4-10(6-11)9-20-19/h3-9H,19H2,1-2H3/b20-9-. The molecule has 0 atom stereocenters. The van der Waals surface area contributed by atoms with Gasteiger partial charge in [0, 0.05) is 19.7 Å². The molecule has 0 radical (unpaired) electrons. The van der Waals surface area contributed by atoms with Crippen LogP contribution in [0.2, 0.25) is 0 Å². The zero-order valence-corrected chi connectivity index (χ0v) is 12.1. The lowest BCUT2D eigenvalue weighted by molar-refractivity contribution is -0.137. The van der Waals surface area contributed by atoms with Crippen LogP contribution in [0.5, 0.6) is 0 Å². The minimum atomic E-state index is -4.43. The lowest BCUT2D eigenvalue weighted by Gasteiger charge is -2.16. The fourth-order valence-electron chi connectivity index (χ4n) is 1.92. The number of rotatable bonds is 3. The average Bonchev–Trinajstić information content (AvgIpc) is 2.46. The molecule has 2 aromatic rings. The molecule has 1 aromatic heterocycles. The van der Waals surface area contributed by atoms with Gasteiger partial charge in [-0.15, -0.1) is 0 Å². The van der Waals surface area contributed by atoms with Crippen molar-refractivity contribution in [1.82, 2.24) is 4.98 Å². The number of pyridine rings is 1. The fraction of sp³-hybridized carbons (Fsp3) is 0.200. The van der Waals surface area contributed by atoms with Crippen LogP contribution < -0.4 is 10.7 Å². The Morgan fingerprint density at radius 3 is 2.50 bits per heavy atom. The molecule has 0 unspecified atom stereocenters. The Morgan fingerprint density at radius 1 is 1.18 bits per heavy atom. The largest absolute Gasteiger partial charge is 0.416 e. The van der Waals surface area contributed by atoms with E-state index in [0.717, 1.165) is 12.1 Å².